The van der Waals surface area contributed by atoms with Crippen LogP contribution < -0.4 is 9.47 Å². The van der Waals surface area contributed by atoms with E-state index in [1.54, 1.807) is 25.1 Å². The maximum Gasteiger partial charge on any atom is 0.308 e. The fourth-order valence-electron chi connectivity index (χ4n) is 2.68. The van der Waals surface area contributed by atoms with Gasteiger partial charge in [0.15, 0.2) is 11.4 Å². The largest absolute Gasteiger partial charge is 0.478 e. The van der Waals surface area contributed by atoms with Crippen LogP contribution in [0.2, 0.25) is 0 Å². The minimum Gasteiger partial charge on any atom is -0.478 e. The third kappa shape index (κ3) is 2.63. The van der Waals surface area contributed by atoms with Gasteiger partial charge in [-0.2, -0.15) is 0 Å². The Hall–Kier alpha value is -2.89. The van der Waals surface area contributed by atoms with Gasteiger partial charge in [-0.15, -0.1) is 0 Å². The topological polar surface area (TPSA) is 78.9 Å². The zero-order valence-electron chi connectivity index (χ0n) is 12.8. The Bertz CT molecular complexity index is 801. The van der Waals surface area contributed by atoms with E-state index in [0.717, 1.165) is 5.56 Å². The van der Waals surface area contributed by atoms with Crippen molar-refractivity contribution in [3.8, 4) is 11.5 Å². The Labute approximate surface area is 132 Å². The Balaban J connectivity index is 2.00. The lowest BCUT2D eigenvalue weighted by Gasteiger charge is -2.25. The average Bonchev–Trinajstić information content (AvgIpc) is 2.69. The van der Waals surface area contributed by atoms with Gasteiger partial charge in [0.05, 0.1) is 0 Å². The molecule has 0 bridgehead atoms. The number of hydrogen-bond donors (Lipinski definition) is 0. The lowest BCUT2D eigenvalue weighted by Crippen LogP contribution is -2.31. The Kier molecular flexibility index (Phi) is 3.32. The summed E-state index contributed by atoms with van der Waals surface area (Å²) in [5.41, 5.74) is 0.480. The van der Waals surface area contributed by atoms with Crippen LogP contribution >= 0.6 is 0 Å². The van der Waals surface area contributed by atoms with Gasteiger partial charge in [0.2, 0.25) is 5.78 Å². The molecule has 118 valence electrons. The number of allylic oxidation sites excluding steroid dienone is 1. The minimum absolute atomic E-state index is 0.0586. The van der Waals surface area contributed by atoms with E-state index < -0.39 is 23.3 Å². The van der Waals surface area contributed by atoms with Crippen molar-refractivity contribution in [1.82, 2.24) is 0 Å². The fourth-order valence-corrected chi connectivity index (χ4v) is 2.68. The molecule has 2 aliphatic rings. The number of fused-ring (bicyclic) bond motifs is 3. The highest BCUT2D eigenvalue weighted by Gasteiger charge is 2.43. The Morgan fingerprint density at radius 3 is 2.48 bits per heavy atom. The van der Waals surface area contributed by atoms with Gasteiger partial charge in [-0.1, -0.05) is 0 Å². The molecule has 0 amide bonds. The second kappa shape index (κ2) is 5.08. The quantitative estimate of drug-likeness (QED) is 0.615. The summed E-state index contributed by atoms with van der Waals surface area (Å²) in [4.78, 5) is 34.2. The van der Waals surface area contributed by atoms with E-state index in [1.165, 1.54) is 26.0 Å². The van der Waals surface area contributed by atoms with Gasteiger partial charge in [0, 0.05) is 37.1 Å². The molecule has 1 aliphatic heterocycles. The summed E-state index contributed by atoms with van der Waals surface area (Å²) in [7, 11) is 0. The van der Waals surface area contributed by atoms with Crippen molar-refractivity contribution in [2.45, 2.75) is 26.4 Å². The number of carbonyl (C=O) groups excluding carboxylic acids is 3. The fraction of sp³-hybridized carbons (Fsp3) is 0.235. The monoisotopic (exact) mass is 314 g/mol. The van der Waals surface area contributed by atoms with Crippen molar-refractivity contribution in [2.24, 2.45) is 0 Å². The summed E-state index contributed by atoms with van der Waals surface area (Å²) in [6.07, 6.45) is 2.88. The van der Waals surface area contributed by atoms with Crippen LogP contribution in [0.4, 0.5) is 0 Å². The molecule has 3 rings (SSSR count). The molecule has 1 aliphatic carbocycles. The molecule has 0 spiro atoms. The van der Waals surface area contributed by atoms with Crippen LogP contribution in [0.1, 0.15) is 26.3 Å². The maximum atomic E-state index is 12.1. The summed E-state index contributed by atoms with van der Waals surface area (Å²) in [5.74, 6) is -0.610. The predicted octanol–water partition coefficient (Wildman–Crippen LogP) is 2.18. The van der Waals surface area contributed by atoms with E-state index >= 15 is 0 Å². The zero-order chi connectivity index (χ0) is 16.8. The van der Waals surface area contributed by atoms with Crippen molar-refractivity contribution < 1.29 is 28.6 Å². The second-order valence-electron chi connectivity index (χ2n) is 5.49. The average molecular weight is 314 g/mol. The van der Waals surface area contributed by atoms with Crippen LogP contribution in [0.5, 0.6) is 11.5 Å². The highest BCUT2D eigenvalue weighted by atomic mass is 16.5. The molecule has 6 heteroatoms. The summed E-state index contributed by atoms with van der Waals surface area (Å²) < 4.78 is 15.9. The summed E-state index contributed by atoms with van der Waals surface area (Å²) >= 11 is 0. The van der Waals surface area contributed by atoms with Gasteiger partial charge in [0.25, 0.3) is 0 Å². The first-order valence-corrected chi connectivity index (χ1v) is 6.98. The molecular weight excluding hydrogens is 300 g/mol. The summed E-state index contributed by atoms with van der Waals surface area (Å²) in [6, 6.07) is 4.94. The summed E-state index contributed by atoms with van der Waals surface area (Å²) in [6.45, 7) is 4.30. The second-order valence-corrected chi connectivity index (χ2v) is 5.49. The number of hydrogen-bond acceptors (Lipinski definition) is 6. The molecule has 23 heavy (non-hydrogen) atoms. The predicted molar refractivity (Wildman–Crippen MR) is 79.6 cm³/mol. The molecule has 1 atom stereocenters. The molecule has 0 fully saturated rings. The number of esters is 2. The highest BCUT2D eigenvalue weighted by Crippen LogP contribution is 2.48. The molecule has 1 unspecified atom stereocenters. The number of ether oxygens (including phenoxy) is 3. The van der Waals surface area contributed by atoms with Gasteiger partial charge in [0.1, 0.15) is 11.5 Å². The smallest absolute Gasteiger partial charge is 0.308 e. The molecule has 0 saturated carbocycles. The van der Waals surface area contributed by atoms with Gasteiger partial charge in [-0.3, -0.25) is 14.4 Å². The first-order valence-electron chi connectivity index (χ1n) is 6.98. The van der Waals surface area contributed by atoms with Gasteiger partial charge < -0.3 is 14.2 Å². The molecule has 1 aromatic carbocycles. The number of ketones is 1. The number of benzene rings is 1. The van der Waals surface area contributed by atoms with Crippen LogP contribution in [0.25, 0.3) is 5.57 Å². The minimum atomic E-state index is -0.921. The number of carbonyl (C=O) groups is 3. The Morgan fingerprint density at radius 1 is 1.13 bits per heavy atom. The first-order chi connectivity index (χ1) is 10.8. The first kappa shape index (κ1) is 15.0. The number of rotatable bonds is 2. The van der Waals surface area contributed by atoms with Crippen molar-refractivity contribution >= 4 is 23.3 Å². The molecule has 1 heterocycles. The molecule has 0 aromatic heterocycles. The summed E-state index contributed by atoms with van der Waals surface area (Å²) in [5, 5.41) is 0. The SMILES string of the molecule is CC(=O)OC1=CC2(C)Oc3cc(OC(C)=O)ccc3C2=CC1=O. The van der Waals surface area contributed by atoms with Crippen molar-refractivity contribution in [3.63, 3.8) is 0 Å². The van der Waals surface area contributed by atoms with Gasteiger partial charge in [-0.05, 0) is 25.1 Å². The van der Waals surface area contributed by atoms with E-state index in [9.17, 15) is 14.4 Å². The van der Waals surface area contributed by atoms with Crippen molar-refractivity contribution in [2.75, 3.05) is 0 Å². The molecule has 0 N–H and O–H groups in total. The maximum absolute atomic E-state index is 12.1. The van der Waals surface area contributed by atoms with E-state index in [1.807, 2.05) is 0 Å². The molecule has 0 saturated heterocycles. The van der Waals surface area contributed by atoms with E-state index in [2.05, 4.69) is 0 Å². The van der Waals surface area contributed by atoms with E-state index in [4.69, 9.17) is 14.2 Å². The molecule has 1 aromatic rings. The highest BCUT2D eigenvalue weighted by molar-refractivity contribution is 6.12. The molecular formula is C17H14O6. The van der Waals surface area contributed by atoms with Crippen molar-refractivity contribution in [1.29, 1.82) is 0 Å². The van der Waals surface area contributed by atoms with Crippen LogP contribution in [0, 0.1) is 0 Å². The van der Waals surface area contributed by atoms with Crippen LogP contribution in [-0.2, 0) is 19.1 Å². The third-order valence-corrected chi connectivity index (χ3v) is 3.54. The van der Waals surface area contributed by atoms with Crippen LogP contribution in [-0.4, -0.2) is 23.3 Å². The van der Waals surface area contributed by atoms with Crippen molar-refractivity contribution in [3.05, 3.63) is 41.7 Å². The normalized spacial score (nSPS) is 21.4. The standard InChI is InChI=1S/C17H14O6/c1-9(18)21-11-4-5-12-13-7-14(20)16(22-10(2)19)8-17(13,3)23-15(12)6-11/h4-8H,1-3H3. The van der Waals surface area contributed by atoms with Crippen LogP contribution in [0.15, 0.2) is 36.1 Å². The van der Waals surface area contributed by atoms with Crippen LogP contribution in [0.3, 0.4) is 0 Å². The van der Waals surface area contributed by atoms with Gasteiger partial charge >= 0.3 is 11.9 Å². The van der Waals surface area contributed by atoms with E-state index in [-0.39, 0.29) is 5.76 Å². The van der Waals surface area contributed by atoms with E-state index in [0.29, 0.717) is 17.1 Å². The Morgan fingerprint density at radius 2 is 1.83 bits per heavy atom. The molecule has 6 nitrogen and oxygen atoms in total. The lowest BCUT2D eigenvalue weighted by atomic mass is 9.86. The molecule has 0 radical (unpaired) electrons. The third-order valence-electron chi connectivity index (χ3n) is 3.54. The zero-order valence-corrected chi connectivity index (χ0v) is 12.8. The van der Waals surface area contributed by atoms with Gasteiger partial charge in [-0.25, -0.2) is 0 Å². The lowest BCUT2D eigenvalue weighted by molar-refractivity contribution is -0.139.